The van der Waals surface area contributed by atoms with Gasteiger partial charge < -0.3 is 15.4 Å². The predicted octanol–water partition coefficient (Wildman–Crippen LogP) is 2.62. The number of ether oxygens (including phenoxy) is 1. The molecule has 0 aliphatic carbocycles. The molecule has 2 aliphatic rings. The number of likely N-dealkylation sites (tertiary alicyclic amines) is 1. The van der Waals surface area contributed by atoms with E-state index in [-0.39, 0.29) is 17.9 Å². The van der Waals surface area contributed by atoms with Crippen molar-refractivity contribution in [2.24, 2.45) is 0 Å². The van der Waals surface area contributed by atoms with E-state index in [0.717, 1.165) is 38.8 Å². The van der Waals surface area contributed by atoms with Crippen LogP contribution in [0, 0.1) is 0 Å². The highest BCUT2D eigenvalue weighted by molar-refractivity contribution is 5.96. The summed E-state index contributed by atoms with van der Waals surface area (Å²) in [6, 6.07) is 7.26. The van der Waals surface area contributed by atoms with E-state index in [0.29, 0.717) is 24.5 Å². The number of carbonyl (C=O) groups excluding carboxylic acids is 2. The molecule has 1 aromatic rings. The fourth-order valence-corrected chi connectivity index (χ4v) is 3.38. The highest BCUT2D eigenvalue weighted by Crippen LogP contribution is 2.18. The Hall–Kier alpha value is -1.92. The lowest BCUT2D eigenvalue weighted by Gasteiger charge is -2.19. The Kier molecular flexibility index (Phi) is 6.42. The van der Waals surface area contributed by atoms with Gasteiger partial charge in [-0.25, -0.2) is 0 Å². The van der Waals surface area contributed by atoms with Crippen LogP contribution in [0.15, 0.2) is 24.3 Å². The highest BCUT2D eigenvalue weighted by Gasteiger charge is 2.23. The van der Waals surface area contributed by atoms with Gasteiger partial charge in [-0.15, -0.1) is 0 Å². The van der Waals surface area contributed by atoms with Crippen molar-refractivity contribution in [1.82, 2.24) is 4.90 Å². The molecule has 2 amide bonds. The molecule has 0 aromatic heterocycles. The van der Waals surface area contributed by atoms with E-state index >= 15 is 0 Å². The molecule has 0 spiro atoms. The number of hydrogen-bond acceptors (Lipinski definition) is 4. The van der Waals surface area contributed by atoms with Crippen molar-refractivity contribution in [2.75, 3.05) is 36.9 Å². The van der Waals surface area contributed by atoms with Gasteiger partial charge in [0.15, 0.2) is 0 Å². The summed E-state index contributed by atoms with van der Waals surface area (Å²) in [6.07, 6.45) is 6.16. The van der Waals surface area contributed by atoms with E-state index in [4.69, 9.17) is 4.74 Å². The van der Waals surface area contributed by atoms with E-state index in [2.05, 4.69) is 15.5 Å². The maximum atomic E-state index is 12.3. The van der Waals surface area contributed by atoms with Crippen LogP contribution in [0.4, 0.5) is 11.4 Å². The van der Waals surface area contributed by atoms with Gasteiger partial charge in [0, 0.05) is 18.0 Å². The van der Waals surface area contributed by atoms with Gasteiger partial charge in [-0.3, -0.25) is 14.5 Å². The van der Waals surface area contributed by atoms with E-state index in [9.17, 15) is 9.59 Å². The molecule has 0 saturated carbocycles. The third-order valence-electron chi connectivity index (χ3n) is 4.70. The highest BCUT2D eigenvalue weighted by atomic mass is 16.5. The number of hydrogen-bond donors (Lipinski definition) is 2. The third kappa shape index (κ3) is 5.54. The van der Waals surface area contributed by atoms with Crippen molar-refractivity contribution in [3.05, 3.63) is 24.3 Å². The summed E-state index contributed by atoms with van der Waals surface area (Å²) in [4.78, 5) is 26.6. The fraction of sp³-hybridized carbons (Fsp3) is 0.579. The molecular weight excluding hydrogens is 318 g/mol. The van der Waals surface area contributed by atoms with Crippen molar-refractivity contribution >= 4 is 23.2 Å². The second-order valence-corrected chi connectivity index (χ2v) is 6.81. The molecule has 0 radical (unpaired) electrons. The zero-order valence-electron chi connectivity index (χ0n) is 14.6. The van der Waals surface area contributed by atoms with Crippen LogP contribution >= 0.6 is 0 Å². The maximum absolute atomic E-state index is 12.3. The minimum Gasteiger partial charge on any atom is -0.368 e. The number of carbonyl (C=O) groups is 2. The molecule has 6 nitrogen and oxygen atoms in total. The number of nitrogens with one attached hydrogen (secondary N) is 2. The largest absolute Gasteiger partial charge is 0.368 e. The van der Waals surface area contributed by atoms with Gasteiger partial charge in [-0.1, -0.05) is 18.9 Å². The Morgan fingerprint density at radius 2 is 1.76 bits per heavy atom. The topological polar surface area (TPSA) is 70.7 Å². The quantitative estimate of drug-likeness (QED) is 0.861. The number of rotatable bonds is 5. The molecule has 0 unspecified atom stereocenters. The van der Waals surface area contributed by atoms with Crippen LogP contribution in [0.2, 0.25) is 0 Å². The molecule has 2 aliphatic heterocycles. The monoisotopic (exact) mass is 345 g/mol. The summed E-state index contributed by atoms with van der Waals surface area (Å²) in [5.41, 5.74) is 1.37. The molecule has 136 valence electrons. The normalized spacial score (nSPS) is 21.5. The summed E-state index contributed by atoms with van der Waals surface area (Å²) >= 11 is 0. The van der Waals surface area contributed by atoms with Crippen LogP contribution in [-0.4, -0.2) is 49.1 Å². The Labute approximate surface area is 148 Å². The third-order valence-corrected chi connectivity index (χ3v) is 4.70. The molecule has 1 atom stereocenters. The average Bonchev–Trinajstić information content (AvgIpc) is 3.01. The molecule has 3 rings (SSSR count). The van der Waals surface area contributed by atoms with Gasteiger partial charge >= 0.3 is 0 Å². The first-order valence-corrected chi connectivity index (χ1v) is 9.25. The van der Waals surface area contributed by atoms with Crippen molar-refractivity contribution in [3.8, 4) is 0 Å². The van der Waals surface area contributed by atoms with Crippen molar-refractivity contribution in [2.45, 2.75) is 44.6 Å². The van der Waals surface area contributed by atoms with E-state index in [1.54, 1.807) is 6.07 Å². The molecule has 25 heavy (non-hydrogen) atoms. The number of amides is 2. The first kappa shape index (κ1) is 17.9. The summed E-state index contributed by atoms with van der Waals surface area (Å²) in [5.74, 6) is -0.130. The average molecular weight is 345 g/mol. The molecular formula is C19H27N3O3. The number of benzene rings is 1. The first-order chi connectivity index (χ1) is 12.2. The second kappa shape index (κ2) is 8.97. The molecule has 0 bridgehead atoms. The Balaban J connectivity index is 1.51. The zero-order chi connectivity index (χ0) is 17.5. The lowest BCUT2D eigenvalue weighted by atomic mass is 10.2. The smallest absolute Gasteiger partial charge is 0.253 e. The summed E-state index contributed by atoms with van der Waals surface area (Å²) < 4.78 is 5.39. The fourth-order valence-electron chi connectivity index (χ4n) is 3.38. The zero-order valence-corrected chi connectivity index (χ0v) is 14.6. The van der Waals surface area contributed by atoms with Gasteiger partial charge in [0.05, 0.1) is 6.54 Å². The second-order valence-electron chi connectivity index (χ2n) is 6.81. The van der Waals surface area contributed by atoms with E-state index < -0.39 is 0 Å². The van der Waals surface area contributed by atoms with Crippen LogP contribution in [0.5, 0.6) is 0 Å². The Morgan fingerprint density at radius 3 is 2.44 bits per heavy atom. The lowest BCUT2D eigenvalue weighted by molar-refractivity contribution is -0.124. The molecule has 2 heterocycles. The molecule has 2 fully saturated rings. The van der Waals surface area contributed by atoms with Crippen molar-refractivity contribution in [1.29, 1.82) is 0 Å². The molecule has 2 saturated heterocycles. The van der Waals surface area contributed by atoms with Crippen LogP contribution < -0.4 is 10.6 Å². The van der Waals surface area contributed by atoms with Crippen molar-refractivity contribution in [3.63, 3.8) is 0 Å². The standard InChI is InChI=1S/C19H27N3O3/c23-18(14-22-10-3-1-2-4-11-22)20-15-7-5-8-16(13-15)21-19(24)17-9-6-12-25-17/h5,7-8,13,17H,1-4,6,9-12,14H2,(H,20,23)(H,21,24)/t17-/m0/s1. The van der Waals surface area contributed by atoms with Crippen LogP contribution in [-0.2, 0) is 14.3 Å². The SMILES string of the molecule is O=C(CN1CCCCCC1)Nc1cccc(NC(=O)[C@@H]2CCCO2)c1. The van der Waals surface area contributed by atoms with Gasteiger partial charge in [-0.2, -0.15) is 0 Å². The Bertz CT molecular complexity index is 591. The molecule has 6 heteroatoms. The summed E-state index contributed by atoms with van der Waals surface area (Å²) in [6.45, 7) is 3.05. The van der Waals surface area contributed by atoms with E-state index in [1.165, 1.54) is 12.8 Å². The summed E-state index contributed by atoms with van der Waals surface area (Å²) in [5, 5.41) is 5.79. The lowest BCUT2D eigenvalue weighted by Crippen LogP contribution is -2.33. The van der Waals surface area contributed by atoms with Crippen molar-refractivity contribution < 1.29 is 14.3 Å². The minimum atomic E-state index is -0.360. The first-order valence-electron chi connectivity index (χ1n) is 9.25. The minimum absolute atomic E-state index is 0.00972. The molecule has 1 aromatic carbocycles. The van der Waals surface area contributed by atoms with Gasteiger partial charge in [0.1, 0.15) is 6.10 Å². The van der Waals surface area contributed by atoms with Crippen LogP contribution in [0.3, 0.4) is 0 Å². The van der Waals surface area contributed by atoms with Gasteiger partial charge in [0.25, 0.3) is 5.91 Å². The Morgan fingerprint density at radius 1 is 1.04 bits per heavy atom. The van der Waals surface area contributed by atoms with Crippen LogP contribution in [0.1, 0.15) is 38.5 Å². The number of nitrogens with zero attached hydrogens (tertiary/aromatic N) is 1. The summed E-state index contributed by atoms with van der Waals surface area (Å²) in [7, 11) is 0. The predicted molar refractivity (Wildman–Crippen MR) is 97.6 cm³/mol. The van der Waals surface area contributed by atoms with Gasteiger partial charge in [0.2, 0.25) is 5.91 Å². The van der Waals surface area contributed by atoms with E-state index in [1.807, 2.05) is 18.2 Å². The molecule has 2 N–H and O–H groups in total. The van der Waals surface area contributed by atoms with Crippen LogP contribution in [0.25, 0.3) is 0 Å². The van der Waals surface area contributed by atoms with Gasteiger partial charge in [-0.05, 0) is 57.0 Å². The maximum Gasteiger partial charge on any atom is 0.253 e. The number of anilines is 2.